The number of benzene rings is 2. The summed E-state index contributed by atoms with van der Waals surface area (Å²) >= 11 is 1.09. The van der Waals surface area contributed by atoms with E-state index in [4.69, 9.17) is 19.3 Å². The zero-order valence-electron chi connectivity index (χ0n) is 19.5. The van der Waals surface area contributed by atoms with E-state index in [1.165, 1.54) is 21.3 Å². The van der Waals surface area contributed by atoms with Crippen molar-refractivity contribution in [3.8, 4) is 17.2 Å². The Bertz CT molecular complexity index is 1160. The molecule has 1 aromatic heterocycles. The molecule has 34 heavy (non-hydrogen) atoms. The molecule has 2 aromatic carbocycles. The lowest BCUT2D eigenvalue weighted by Gasteiger charge is -2.17. The quantitative estimate of drug-likeness (QED) is 0.240. The van der Waals surface area contributed by atoms with Crippen LogP contribution in [0.3, 0.4) is 0 Å². The average molecular weight is 488 g/mol. The van der Waals surface area contributed by atoms with Crippen LogP contribution < -0.4 is 14.2 Å². The number of ether oxygens (including phenoxy) is 3. The maximum atomic E-state index is 13.6. The Morgan fingerprint density at radius 1 is 1.06 bits per heavy atom. The smallest absolute Gasteiger partial charge is 0.203 e. The number of ketones is 1. The summed E-state index contributed by atoms with van der Waals surface area (Å²) in [5, 5.41) is 30.0. The van der Waals surface area contributed by atoms with Gasteiger partial charge in [-0.2, -0.15) is 0 Å². The highest BCUT2D eigenvalue weighted by molar-refractivity contribution is 8.04. The number of aryl methyl sites for hydroxylation is 1. The SMILES string of the molecule is COc1cc(C(=O)/C(=C/c2c[nH]c3cc(C)ccc23)SCC(O)C(O)CO)cc(OC)c1OC. The van der Waals surface area contributed by atoms with Crippen LogP contribution in [0.1, 0.15) is 21.5 Å². The molecular formula is C25H29NO7S. The van der Waals surface area contributed by atoms with Crippen molar-refractivity contribution in [2.24, 2.45) is 0 Å². The predicted molar refractivity (Wildman–Crippen MR) is 133 cm³/mol. The normalized spacial score (nSPS) is 13.6. The molecule has 0 aliphatic heterocycles. The van der Waals surface area contributed by atoms with E-state index in [0.717, 1.165) is 33.8 Å². The Labute approximate surface area is 202 Å². The fourth-order valence-electron chi connectivity index (χ4n) is 3.46. The number of Topliss-reactive ketones (excluding diaryl/α,β-unsaturated/α-hetero) is 1. The van der Waals surface area contributed by atoms with Gasteiger partial charge in [0.05, 0.1) is 38.9 Å². The lowest BCUT2D eigenvalue weighted by atomic mass is 10.1. The maximum absolute atomic E-state index is 13.6. The minimum Gasteiger partial charge on any atom is -0.493 e. The highest BCUT2D eigenvalue weighted by atomic mass is 32.2. The number of hydrogen-bond acceptors (Lipinski definition) is 8. The number of carbonyl (C=O) groups is 1. The molecule has 9 heteroatoms. The third-order valence-electron chi connectivity index (χ3n) is 5.35. The number of fused-ring (bicyclic) bond motifs is 1. The Hall–Kier alpha value is -2.98. The number of allylic oxidation sites excluding steroid dienone is 1. The highest BCUT2D eigenvalue weighted by Crippen LogP contribution is 2.39. The second-order valence-electron chi connectivity index (χ2n) is 7.67. The molecule has 0 fully saturated rings. The van der Waals surface area contributed by atoms with E-state index in [1.54, 1.807) is 18.2 Å². The first-order valence-corrected chi connectivity index (χ1v) is 11.5. The molecule has 0 aliphatic carbocycles. The number of aliphatic hydroxyl groups is 3. The van der Waals surface area contributed by atoms with E-state index in [0.29, 0.717) is 27.7 Å². The van der Waals surface area contributed by atoms with E-state index in [2.05, 4.69) is 4.98 Å². The van der Waals surface area contributed by atoms with Gasteiger partial charge in [0.1, 0.15) is 6.10 Å². The van der Waals surface area contributed by atoms with Crippen LogP contribution >= 0.6 is 11.8 Å². The molecule has 2 unspecified atom stereocenters. The van der Waals surface area contributed by atoms with Gasteiger partial charge in [0.15, 0.2) is 17.3 Å². The standard InChI is InChI=1S/C25H29NO7S/c1-14-5-6-17-16(11-26-18(17)7-14)10-23(34-13-20(29)19(28)12-27)24(30)15-8-21(31-2)25(33-4)22(9-15)32-3/h5-11,19-20,26-29H,12-13H2,1-4H3/b23-10-. The number of aliphatic hydroxyl groups excluding tert-OH is 3. The third-order valence-corrected chi connectivity index (χ3v) is 6.47. The topological polar surface area (TPSA) is 121 Å². The summed E-state index contributed by atoms with van der Waals surface area (Å²) in [4.78, 5) is 17.2. The molecular weight excluding hydrogens is 458 g/mol. The van der Waals surface area contributed by atoms with Gasteiger partial charge in [-0.1, -0.05) is 12.1 Å². The molecule has 3 aromatic rings. The number of carbonyl (C=O) groups excluding carboxylic acids is 1. The van der Waals surface area contributed by atoms with Crippen molar-refractivity contribution in [3.63, 3.8) is 0 Å². The Morgan fingerprint density at radius 3 is 2.32 bits per heavy atom. The van der Waals surface area contributed by atoms with Crippen molar-refractivity contribution in [1.82, 2.24) is 4.98 Å². The Balaban J connectivity index is 2.06. The second kappa shape index (κ2) is 11.4. The first-order chi connectivity index (χ1) is 16.3. The molecule has 2 atom stereocenters. The van der Waals surface area contributed by atoms with E-state index in [9.17, 15) is 15.0 Å². The molecule has 0 saturated heterocycles. The summed E-state index contributed by atoms with van der Waals surface area (Å²) in [5.74, 6) is 0.732. The van der Waals surface area contributed by atoms with Crippen LogP contribution in [-0.4, -0.2) is 72.0 Å². The van der Waals surface area contributed by atoms with Crippen molar-refractivity contribution in [2.75, 3.05) is 33.7 Å². The summed E-state index contributed by atoms with van der Waals surface area (Å²) in [5.41, 5.74) is 3.15. The minimum absolute atomic E-state index is 0.00515. The number of thioether (sulfide) groups is 1. The molecule has 4 N–H and O–H groups in total. The molecule has 3 rings (SSSR count). The van der Waals surface area contributed by atoms with Gasteiger partial charge in [0.25, 0.3) is 0 Å². The summed E-state index contributed by atoms with van der Waals surface area (Å²) in [7, 11) is 4.42. The molecule has 182 valence electrons. The Morgan fingerprint density at radius 2 is 1.74 bits per heavy atom. The number of methoxy groups -OCH3 is 3. The third kappa shape index (κ3) is 5.56. The van der Waals surface area contributed by atoms with Crippen molar-refractivity contribution < 1.29 is 34.3 Å². The van der Waals surface area contributed by atoms with Crippen LogP contribution in [0.4, 0.5) is 0 Å². The number of hydrogen-bond donors (Lipinski definition) is 4. The number of H-pyrrole nitrogens is 1. The fourth-order valence-corrected chi connectivity index (χ4v) is 4.49. The van der Waals surface area contributed by atoms with E-state index >= 15 is 0 Å². The number of aromatic amines is 1. The highest BCUT2D eigenvalue weighted by Gasteiger charge is 2.23. The van der Waals surface area contributed by atoms with Gasteiger partial charge in [0, 0.05) is 34.0 Å². The van der Waals surface area contributed by atoms with Crippen molar-refractivity contribution in [2.45, 2.75) is 19.1 Å². The van der Waals surface area contributed by atoms with E-state index in [1.807, 2.05) is 31.3 Å². The zero-order valence-corrected chi connectivity index (χ0v) is 20.3. The summed E-state index contributed by atoms with van der Waals surface area (Å²) in [6.45, 7) is 1.42. The van der Waals surface area contributed by atoms with Crippen LogP contribution in [0, 0.1) is 6.92 Å². The van der Waals surface area contributed by atoms with Gasteiger partial charge in [0.2, 0.25) is 5.75 Å². The zero-order chi connectivity index (χ0) is 24.8. The lowest BCUT2D eigenvalue weighted by Crippen LogP contribution is -2.31. The number of rotatable bonds is 11. The number of aromatic nitrogens is 1. The molecule has 0 radical (unpaired) electrons. The van der Waals surface area contributed by atoms with Crippen molar-refractivity contribution >= 4 is 34.5 Å². The van der Waals surface area contributed by atoms with E-state index in [-0.39, 0.29) is 11.5 Å². The van der Waals surface area contributed by atoms with Gasteiger partial charge in [-0.05, 0) is 36.8 Å². The van der Waals surface area contributed by atoms with Crippen molar-refractivity contribution in [1.29, 1.82) is 0 Å². The van der Waals surface area contributed by atoms with Gasteiger partial charge in [-0.15, -0.1) is 11.8 Å². The summed E-state index contributed by atoms with van der Waals surface area (Å²) < 4.78 is 16.1. The summed E-state index contributed by atoms with van der Waals surface area (Å²) in [6.07, 6.45) is 1.03. The minimum atomic E-state index is -1.30. The first-order valence-electron chi connectivity index (χ1n) is 10.6. The second-order valence-corrected chi connectivity index (χ2v) is 8.73. The lowest BCUT2D eigenvalue weighted by molar-refractivity contribution is -0.00185. The van der Waals surface area contributed by atoms with Crippen LogP contribution in [0.5, 0.6) is 17.2 Å². The average Bonchev–Trinajstić information content (AvgIpc) is 3.25. The molecule has 0 spiro atoms. The molecule has 0 saturated carbocycles. The van der Waals surface area contributed by atoms with Gasteiger partial charge < -0.3 is 34.5 Å². The number of nitrogens with one attached hydrogen (secondary N) is 1. The Kier molecular flexibility index (Phi) is 8.62. The largest absolute Gasteiger partial charge is 0.493 e. The van der Waals surface area contributed by atoms with Crippen LogP contribution in [0.25, 0.3) is 17.0 Å². The molecule has 0 amide bonds. The van der Waals surface area contributed by atoms with Crippen LogP contribution in [-0.2, 0) is 0 Å². The predicted octanol–water partition coefficient (Wildman–Crippen LogP) is 3.17. The van der Waals surface area contributed by atoms with Gasteiger partial charge >= 0.3 is 0 Å². The van der Waals surface area contributed by atoms with Crippen LogP contribution in [0.2, 0.25) is 0 Å². The molecule has 1 heterocycles. The molecule has 8 nitrogen and oxygen atoms in total. The van der Waals surface area contributed by atoms with E-state index < -0.39 is 18.8 Å². The van der Waals surface area contributed by atoms with Gasteiger partial charge in [-0.3, -0.25) is 4.79 Å². The van der Waals surface area contributed by atoms with Crippen LogP contribution in [0.15, 0.2) is 41.4 Å². The monoisotopic (exact) mass is 487 g/mol. The molecule has 0 aliphatic rings. The van der Waals surface area contributed by atoms with Gasteiger partial charge in [-0.25, -0.2) is 0 Å². The molecule has 0 bridgehead atoms. The fraction of sp³-hybridized carbons (Fsp3) is 0.320. The first kappa shape index (κ1) is 25.6. The maximum Gasteiger partial charge on any atom is 0.203 e. The van der Waals surface area contributed by atoms with Crippen molar-refractivity contribution in [3.05, 3.63) is 58.1 Å². The summed E-state index contributed by atoms with van der Waals surface area (Å²) in [6, 6.07) is 9.11.